The molecule has 106 valence electrons. The van der Waals surface area contributed by atoms with Crippen LogP contribution in [0.5, 0.6) is 5.75 Å². The highest BCUT2D eigenvalue weighted by molar-refractivity contribution is 7.92. The second-order valence-corrected chi connectivity index (χ2v) is 6.06. The lowest BCUT2D eigenvalue weighted by atomic mass is 10.2. The van der Waals surface area contributed by atoms with Crippen LogP contribution >= 0.6 is 0 Å². The number of hydrogen-bond donors (Lipinski definition) is 2. The summed E-state index contributed by atoms with van der Waals surface area (Å²) < 4.78 is 32.1. The number of sulfonamides is 1. The summed E-state index contributed by atoms with van der Waals surface area (Å²) in [5.74, 6) is 0.331. The molecule has 0 unspecified atom stereocenters. The van der Waals surface area contributed by atoms with Gasteiger partial charge in [-0.2, -0.15) is 0 Å². The topological polar surface area (TPSA) is 81.4 Å². The fourth-order valence-corrected chi connectivity index (χ4v) is 2.85. The first-order valence-electron chi connectivity index (χ1n) is 5.95. The van der Waals surface area contributed by atoms with Crippen molar-refractivity contribution >= 4 is 21.4 Å². The van der Waals surface area contributed by atoms with Gasteiger partial charge < -0.3 is 10.5 Å². The molecule has 0 fully saturated rings. The normalized spacial score (nSPS) is 11.1. The Kier molecular flexibility index (Phi) is 3.85. The summed E-state index contributed by atoms with van der Waals surface area (Å²) in [6.07, 6.45) is 0. The van der Waals surface area contributed by atoms with Crippen molar-refractivity contribution < 1.29 is 13.2 Å². The van der Waals surface area contributed by atoms with Crippen LogP contribution in [0.4, 0.5) is 11.4 Å². The lowest BCUT2D eigenvalue weighted by molar-refractivity contribution is 0.415. The molecule has 0 heterocycles. The molecule has 0 aliphatic heterocycles. The first kappa shape index (κ1) is 14.2. The van der Waals surface area contributed by atoms with Crippen LogP contribution < -0.4 is 15.2 Å². The van der Waals surface area contributed by atoms with Crippen molar-refractivity contribution in [1.82, 2.24) is 0 Å². The van der Waals surface area contributed by atoms with Crippen LogP contribution in [0.25, 0.3) is 0 Å². The van der Waals surface area contributed by atoms with Crippen LogP contribution in [0.1, 0.15) is 5.56 Å². The lowest BCUT2D eigenvalue weighted by Crippen LogP contribution is -2.13. The standard InChI is InChI=1S/C14H16N2O3S/c1-10-4-3-5-11(8-10)16-20(17,18)12-6-7-13(15)14(9-12)19-2/h3-9,16H,15H2,1-2H3. The van der Waals surface area contributed by atoms with Gasteiger partial charge in [-0.25, -0.2) is 8.42 Å². The summed E-state index contributed by atoms with van der Waals surface area (Å²) in [7, 11) is -2.22. The minimum absolute atomic E-state index is 0.102. The van der Waals surface area contributed by atoms with Gasteiger partial charge in [-0.1, -0.05) is 12.1 Å². The molecule has 20 heavy (non-hydrogen) atoms. The maximum atomic E-state index is 12.3. The van der Waals surface area contributed by atoms with Crippen LogP contribution in [0.2, 0.25) is 0 Å². The first-order valence-corrected chi connectivity index (χ1v) is 7.44. The Hall–Kier alpha value is -2.21. The summed E-state index contributed by atoms with van der Waals surface area (Å²) in [4.78, 5) is 0.102. The molecule has 2 aromatic rings. The molecule has 5 nitrogen and oxygen atoms in total. The van der Waals surface area contributed by atoms with Crippen molar-refractivity contribution in [3.63, 3.8) is 0 Å². The third-order valence-corrected chi connectivity index (χ3v) is 4.16. The molecule has 0 spiro atoms. The molecule has 0 amide bonds. The Labute approximate surface area is 118 Å². The van der Waals surface area contributed by atoms with E-state index in [-0.39, 0.29) is 4.90 Å². The van der Waals surface area contributed by atoms with Gasteiger partial charge in [-0.05, 0) is 36.8 Å². The average molecular weight is 292 g/mol. The Morgan fingerprint density at radius 3 is 2.55 bits per heavy atom. The molecule has 2 rings (SSSR count). The number of anilines is 2. The number of ether oxygens (including phenoxy) is 1. The predicted octanol–water partition coefficient (Wildman–Crippen LogP) is 2.39. The zero-order valence-corrected chi connectivity index (χ0v) is 12.1. The molecule has 2 aromatic carbocycles. The zero-order chi connectivity index (χ0) is 14.8. The van der Waals surface area contributed by atoms with Gasteiger partial charge in [0.1, 0.15) is 5.75 Å². The molecule has 0 aliphatic carbocycles. The molecule has 0 aromatic heterocycles. The number of rotatable bonds is 4. The van der Waals surface area contributed by atoms with Gasteiger partial charge in [0.25, 0.3) is 10.0 Å². The van der Waals surface area contributed by atoms with Crippen molar-refractivity contribution in [1.29, 1.82) is 0 Å². The fourth-order valence-electron chi connectivity index (χ4n) is 1.78. The lowest BCUT2D eigenvalue weighted by Gasteiger charge is -2.11. The average Bonchev–Trinajstić information content (AvgIpc) is 2.38. The van der Waals surface area contributed by atoms with Crippen LogP contribution in [0.3, 0.4) is 0 Å². The number of methoxy groups -OCH3 is 1. The second-order valence-electron chi connectivity index (χ2n) is 4.38. The summed E-state index contributed by atoms with van der Waals surface area (Å²) in [6.45, 7) is 1.89. The van der Waals surface area contributed by atoms with Gasteiger partial charge in [0, 0.05) is 11.8 Å². The van der Waals surface area contributed by atoms with Gasteiger partial charge in [-0.15, -0.1) is 0 Å². The molecule has 0 radical (unpaired) electrons. The van der Waals surface area contributed by atoms with E-state index in [1.165, 1.54) is 25.3 Å². The van der Waals surface area contributed by atoms with Crippen LogP contribution in [-0.4, -0.2) is 15.5 Å². The van der Waals surface area contributed by atoms with Crippen molar-refractivity contribution in [2.75, 3.05) is 17.6 Å². The molecule has 0 bridgehead atoms. The van der Waals surface area contributed by atoms with Crippen molar-refractivity contribution in [2.45, 2.75) is 11.8 Å². The number of benzene rings is 2. The third kappa shape index (κ3) is 3.03. The number of nitrogen functional groups attached to an aromatic ring is 1. The van der Waals surface area contributed by atoms with Gasteiger partial charge in [0.15, 0.2) is 0 Å². The van der Waals surface area contributed by atoms with Crippen LogP contribution in [-0.2, 0) is 10.0 Å². The second kappa shape index (κ2) is 5.42. The van der Waals surface area contributed by atoms with Gasteiger partial charge in [0.2, 0.25) is 0 Å². The highest BCUT2D eigenvalue weighted by Gasteiger charge is 2.16. The maximum absolute atomic E-state index is 12.3. The summed E-state index contributed by atoms with van der Waals surface area (Å²) in [5.41, 5.74) is 7.55. The maximum Gasteiger partial charge on any atom is 0.262 e. The van der Waals surface area contributed by atoms with Crippen LogP contribution in [0, 0.1) is 6.92 Å². The predicted molar refractivity (Wildman–Crippen MR) is 79.4 cm³/mol. The van der Waals surface area contributed by atoms with Crippen molar-refractivity contribution in [2.24, 2.45) is 0 Å². The number of hydrogen-bond acceptors (Lipinski definition) is 4. The Balaban J connectivity index is 2.35. The minimum Gasteiger partial charge on any atom is -0.495 e. The summed E-state index contributed by atoms with van der Waals surface area (Å²) >= 11 is 0. The minimum atomic E-state index is -3.66. The highest BCUT2D eigenvalue weighted by Crippen LogP contribution is 2.26. The molecule has 0 saturated carbocycles. The van der Waals surface area contributed by atoms with Gasteiger partial charge >= 0.3 is 0 Å². The SMILES string of the molecule is COc1cc(S(=O)(=O)Nc2cccc(C)c2)ccc1N. The molecule has 0 atom stereocenters. The Morgan fingerprint density at radius 1 is 1.15 bits per heavy atom. The number of nitrogens with one attached hydrogen (secondary N) is 1. The van der Waals surface area contributed by atoms with Crippen LogP contribution in [0.15, 0.2) is 47.4 Å². The summed E-state index contributed by atoms with van der Waals surface area (Å²) in [6, 6.07) is 11.5. The van der Waals surface area contributed by atoms with Crippen molar-refractivity contribution in [3.05, 3.63) is 48.0 Å². The smallest absolute Gasteiger partial charge is 0.262 e. The van der Waals surface area contributed by atoms with E-state index < -0.39 is 10.0 Å². The molecule has 0 saturated heterocycles. The van der Waals surface area contributed by atoms with Crippen molar-refractivity contribution in [3.8, 4) is 5.75 Å². The first-order chi connectivity index (χ1) is 9.42. The monoisotopic (exact) mass is 292 g/mol. The molecular weight excluding hydrogens is 276 g/mol. The van der Waals surface area contributed by atoms with E-state index in [0.717, 1.165) is 5.56 Å². The van der Waals surface area contributed by atoms with E-state index in [1.54, 1.807) is 18.2 Å². The zero-order valence-electron chi connectivity index (χ0n) is 11.3. The van der Waals surface area contributed by atoms with E-state index in [0.29, 0.717) is 17.1 Å². The van der Waals surface area contributed by atoms with E-state index >= 15 is 0 Å². The number of nitrogens with two attached hydrogens (primary N) is 1. The van der Waals surface area contributed by atoms with E-state index in [1.807, 2.05) is 13.0 Å². The molecule has 6 heteroatoms. The van der Waals surface area contributed by atoms with E-state index in [9.17, 15) is 8.42 Å². The highest BCUT2D eigenvalue weighted by atomic mass is 32.2. The third-order valence-electron chi connectivity index (χ3n) is 2.79. The Morgan fingerprint density at radius 2 is 1.90 bits per heavy atom. The van der Waals surface area contributed by atoms with Gasteiger partial charge in [-0.3, -0.25) is 4.72 Å². The van der Waals surface area contributed by atoms with E-state index in [2.05, 4.69) is 4.72 Å². The largest absolute Gasteiger partial charge is 0.495 e. The molecule has 3 N–H and O–H groups in total. The van der Waals surface area contributed by atoms with Gasteiger partial charge in [0.05, 0.1) is 17.7 Å². The Bertz CT molecular complexity index is 727. The number of aryl methyl sites for hydroxylation is 1. The van der Waals surface area contributed by atoms with E-state index in [4.69, 9.17) is 10.5 Å². The summed E-state index contributed by atoms with van der Waals surface area (Å²) in [5, 5.41) is 0. The molecule has 0 aliphatic rings. The molecular formula is C14H16N2O3S. The fraction of sp³-hybridized carbons (Fsp3) is 0.143. The quantitative estimate of drug-likeness (QED) is 0.848.